The minimum atomic E-state index is 0.333. The number of hydrogen-bond acceptors (Lipinski definition) is 2. The molecule has 0 bridgehead atoms. The van der Waals surface area contributed by atoms with Crippen molar-refractivity contribution in [1.82, 2.24) is 0 Å². The van der Waals surface area contributed by atoms with Crippen molar-refractivity contribution in [3.63, 3.8) is 0 Å². The highest BCUT2D eigenvalue weighted by Gasteiger charge is 2.14. The Morgan fingerprint density at radius 2 is 2.15 bits per heavy atom. The maximum Gasteiger partial charge on any atom is 0.117 e. The molecular formula is C9H7I2NO. The van der Waals surface area contributed by atoms with Gasteiger partial charge in [0.05, 0.1) is 28.6 Å². The topological polar surface area (TPSA) is 23.5 Å². The van der Waals surface area contributed by atoms with Crippen LogP contribution in [0.2, 0.25) is 0 Å². The molecule has 1 aliphatic heterocycles. The molecule has 0 saturated carbocycles. The van der Waals surface area contributed by atoms with E-state index in [0.29, 0.717) is 5.75 Å². The molecule has 0 unspecified atom stereocenters. The van der Waals surface area contributed by atoms with Crippen LogP contribution in [0.25, 0.3) is 6.08 Å². The fraction of sp³-hybridized carbons (Fsp3) is 0.111. The molecule has 0 radical (unpaired) electrons. The lowest BCUT2D eigenvalue weighted by molar-refractivity contribution is 0.475. The molecule has 1 aromatic carbocycles. The van der Waals surface area contributed by atoms with Gasteiger partial charge in [-0.3, -0.25) is 0 Å². The van der Waals surface area contributed by atoms with E-state index in [1.54, 1.807) is 12.1 Å². The van der Waals surface area contributed by atoms with Crippen molar-refractivity contribution < 1.29 is 5.11 Å². The van der Waals surface area contributed by atoms with E-state index < -0.39 is 0 Å². The number of anilines is 1. The van der Waals surface area contributed by atoms with Crippen molar-refractivity contribution in [2.75, 3.05) is 9.66 Å². The SMILES string of the molecule is Oc1cc(I)c2c(c1)C=CCN2I. The average Bonchev–Trinajstić information content (AvgIpc) is 2.02. The number of rotatable bonds is 0. The van der Waals surface area contributed by atoms with E-state index in [2.05, 4.69) is 54.6 Å². The van der Waals surface area contributed by atoms with Gasteiger partial charge in [0.25, 0.3) is 0 Å². The minimum Gasteiger partial charge on any atom is -0.508 e. The van der Waals surface area contributed by atoms with Crippen LogP contribution in [-0.2, 0) is 0 Å². The molecule has 1 N–H and O–H groups in total. The molecule has 1 aliphatic rings. The fourth-order valence-electron chi connectivity index (χ4n) is 1.35. The quantitative estimate of drug-likeness (QED) is 0.536. The van der Waals surface area contributed by atoms with Gasteiger partial charge in [-0.2, -0.15) is 0 Å². The van der Waals surface area contributed by atoms with Gasteiger partial charge in [-0.05, 0) is 34.7 Å². The van der Waals surface area contributed by atoms with E-state index >= 15 is 0 Å². The maximum absolute atomic E-state index is 9.40. The van der Waals surface area contributed by atoms with Crippen LogP contribution in [0.3, 0.4) is 0 Å². The average molecular weight is 399 g/mol. The Labute approximate surface area is 104 Å². The van der Waals surface area contributed by atoms with Crippen LogP contribution in [-0.4, -0.2) is 11.7 Å². The lowest BCUT2D eigenvalue weighted by Crippen LogP contribution is -2.14. The summed E-state index contributed by atoms with van der Waals surface area (Å²) in [4.78, 5) is 0. The zero-order valence-electron chi connectivity index (χ0n) is 6.67. The predicted molar refractivity (Wildman–Crippen MR) is 71.2 cm³/mol. The minimum absolute atomic E-state index is 0.333. The van der Waals surface area contributed by atoms with E-state index in [-0.39, 0.29) is 0 Å². The number of nitrogens with zero attached hydrogens (tertiary/aromatic N) is 1. The Hall–Kier alpha value is 0.0200. The Morgan fingerprint density at radius 1 is 1.38 bits per heavy atom. The van der Waals surface area contributed by atoms with Crippen LogP contribution >= 0.6 is 45.5 Å². The second-order valence-corrected chi connectivity index (χ2v) is 5.14. The highest BCUT2D eigenvalue weighted by molar-refractivity contribution is 14.1. The first-order valence-electron chi connectivity index (χ1n) is 3.81. The van der Waals surface area contributed by atoms with Crippen molar-refractivity contribution in [3.05, 3.63) is 27.3 Å². The standard InChI is InChI=1S/C9H7I2NO/c10-8-5-7(13)4-6-2-1-3-12(11)9(6)8/h1-2,4-5,13H,3H2. The number of hydrogen-bond donors (Lipinski definition) is 1. The molecular weight excluding hydrogens is 392 g/mol. The summed E-state index contributed by atoms with van der Waals surface area (Å²) in [5, 5.41) is 9.40. The van der Waals surface area contributed by atoms with Crippen LogP contribution in [0.4, 0.5) is 5.69 Å². The summed E-state index contributed by atoms with van der Waals surface area (Å²) in [6, 6.07) is 3.57. The van der Waals surface area contributed by atoms with E-state index in [4.69, 9.17) is 0 Å². The molecule has 0 aliphatic carbocycles. The van der Waals surface area contributed by atoms with Crippen LogP contribution in [0.15, 0.2) is 18.2 Å². The van der Waals surface area contributed by atoms with Crippen molar-refractivity contribution in [2.45, 2.75) is 0 Å². The summed E-state index contributed by atoms with van der Waals surface area (Å²) >= 11 is 4.52. The van der Waals surface area contributed by atoms with Gasteiger partial charge < -0.3 is 8.22 Å². The third-order valence-electron chi connectivity index (χ3n) is 1.88. The number of benzene rings is 1. The molecule has 0 amide bonds. The van der Waals surface area contributed by atoms with E-state index in [0.717, 1.165) is 15.7 Å². The number of fused-ring (bicyclic) bond motifs is 1. The second kappa shape index (κ2) is 3.64. The summed E-state index contributed by atoms with van der Waals surface area (Å²) in [5.41, 5.74) is 2.28. The van der Waals surface area contributed by atoms with Crippen molar-refractivity contribution >= 4 is 57.2 Å². The Kier molecular flexibility index (Phi) is 2.68. The van der Waals surface area contributed by atoms with Crippen LogP contribution < -0.4 is 3.11 Å². The van der Waals surface area contributed by atoms with Crippen LogP contribution in [0.5, 0.6) is 5.75 Å². The zero-order valence-corrected chi connectivity index (χ0v) is 11.0. The molecule has 4 heteroatoms. The van der Waals surface area contributed by atoms with Gasteiger partial charge in [0.15, 0.2) is 0 Å². The molecule has 0 atom stereocenters. The third-order valence-corrected chi connectivity index (χ3v) is 3.58. The Balaban J connectivity index is 2.65. The van der Waals surface area contributed by atoms with Gasteiger partial charge in [0.2, 0.25) is 0 Å². The Bertz CT molecular complexity index is 376. The molecule has 0 aromatic heterocycles. The number of phenolic OH excluding ortho intramolecular Hbond substituents is 1. The summed E-state index contributed by atoms with van der Waals surface area (Å²) in [5.74, 6) is 0.333. The van der Waals surface area contributed by atoms with Crippen LogP contribution in [0.1, 0.15) is 5.56 Å². The third kappa shape index (κ3) is 1.78. The van der Waals surface area contributed by atoms with E-state index in [1.807, 2.05) is 6.08 Å². The molecule has 2 rings (SSSR count). The first-order chi connectivity index (χ1) is 6.18. The van der Waals surface area contributed by atoms with E-state index in [1.165, 1.54) is 5.69 Å². The molecule has 1 aromatic rings. The van der Waals surface area contributed by atoms with Gasteiger partial charge in [0.1, 0.15) is 5.75 Å². The highest BCUT2D eigenvalue weighted by Crippen LogP contribution is 2.35. The van der Waals surface area contributed by atoms with Gasteiger partial charge in [-0.25, -0.2) is 0 Å². The number of phenols is 1. The lowest BCUT2D eigenvalue weighted by atomic mass is 10.1. The van der Waals surface area contributed by atoms with Crippen molar-refractivity contribution in [3.8, 4) is 5.75 Å². The monoisotopic (exact) mass is 399 g/mol. The second-order valence-electron chi connectivity index (χ2n) is 2.81. The molecule has 0 saturated heterocycles. The maximum atomic E-state index is 9.40. The molecule has 1 heterocycles. The van der Waals surface area contributed by atoms with Gasteiger partial charge >= 0.3 is 0 Å². The first-order valence-corrected chi connectivity index (χ1v) is 5.85. The molecule has 68 valence electrons. The summed E-state index contributed by atoms with van der Waals surface area (Å²) in [6.45, 7) is 0.925. The van der Waals surface area contributed by atoms with Crippen molar-refractivity contribution in [2.24, 2.45) is 0 Å². The molecule has 0 fully saturated rings. The smallest absolute Gasteiger partial charge is 0.117 e. The van der Waals surface area contributed by atoms with Crippen molar-refractivity contribution in [1.29, 1.82) is 0 Å². The predicted octanol–water partition coefficient (Wildman–Crippen LogP) is 3.18. The first kappa shape index (κ1) is 9.57. The largest absolute Gasteiger partial charge is 0.508 e. The van der Waals surface area contributed by atoms with Gasteiger partial charge in [-0.1, -0.05) is 12.2 Å². The van der Waals surface area contributed by atoms with Gasteiger partial charge in [0, 0.05) is 15.7 Å². The lowest BCUT2D eigenvalue weighted by Gasteiger charge is -2.22. The normalized spacial score (nSPS) is 14.5. The molecule has 2 nitrogen and oxygen atoms in total. The van der Waals surface area contributed by atoms with E-state index in [9.17, 15) is 5.11 Å². The number of aromatic hydroxyl groups is 1. The number of halogens is 2. The molecule has 0 spiro atoms. The highest BCUT2D eigenvalue weighted by atomic mass is 127. The summed E-state index contributed by atoms with van der Waals surface area (Å²) in [6.07, 6.45) is 4.14. The van der Waals surface area contributed by atoms with Gasteiger partial charge in [-0.15, -0.1) is 0 Å². The Morgan fingerprint density at radius 3 is 2.92 bits per heavy atom. The summed E-state index contributed by atoms with van der Waals surface area (Å²) < 4.78 is 3.24. The zero-order chi connectivity index (χ0) is 9.42. The fourth-order valence-corrected chi connectivity index (χ4v) is 3.50. The summed E-state index contributed by atoms with van der Waals surface area (Å²) in [7, 11) is 0. The van der Waals surface area contributed by atoms with Crippen LogP contribution in [0, 0.1) is 3.57 Å². The molecule has 13 heavy (non-hydrogen) atoms.